The van der Waals surface area contributed by atoms with Crippen LogP contribution in [0.15, 0.2) is 30.3 Å². The summed E-state index contributed by atoms with van der Waals surface area (Å²) in [6.07, 6.45) is 0. The lowest BCUT2D eigenvalue weighted by molar-refractivity contribution is 0.0601. The van der Waals surface area contributed by atoms with Crippen molar-refractivity contribution in [3.8, 4) is 0 Å². The van der Waals surface area contributed by atoms with Gasteiger partial charge in [-0.15, -0.1) is 0 Å². The molecule has 0 unspecified atom stereocenters. The first-order chi connectivity index (χ1) is 5.84. The molecule has 12 heavy (non-hydrogen) atoms. The van der Waals surface area contributed by atoms with E-state index < -0.39 is 0 Å². The molecule has 0 heterocycles. The number of carbonyl (C=O) groups is 1. The number of rotatable bonds is 1. The predicted octanol–water partition coefficient (Wildman–Crippen LogP) is 0.292. The minimum atomic E-state index is -0.291. The van der Waals surface area contributed by atoms with Crippen LogP contribution >= 0.6 is 0 Å². The van der Waals surface area contributed by atoms with E-state index in [2.05, 4.69) is 16.4 Å². The molecule has 4 heteroatoms. The van der Waals surface area contributed by atoms with Crippen LogP contribution < -0.4 is 11.7 Å². The quantitative estimate of drug-likeness (QED) is 0.359. The average molecular weight is 168 g/mol. The molecule has 1 aromatic carbocycles. The number of hydrogen-bond donors (Lipinski definition) is 2. The fraction of sp³-hybridized carbons (Fsp3) is 0.125. The molecule has 0 radical (unpaired) electrons. The van der Waals surface area contributed by atoms with Crippen molar-refractivity contribution >= 4 is 5.97 Å². The van der Waals surface area contributed by atoms with Gasteiger partial charge in [-0.1, -0.05) is 18.2 Å². The average Bonchev–Trinajstić information content (AvgIpc) is 2.21. The van der Waals surface area contributed by atoms with Gasteiger partial charge in [0.1, 0.15) is 0 Å². The van der Waals surface area contributed by atoms with Crippen molar-refractivity contribution in [2.75, 3.05) is 7.11 Å². The van der Waals surface area contributed by atoms with Gasteiger partial charge in [0.2, 0.25) is 0 Å². The molecule has 0 aliphatic rings. The van der Waals surface area contributed by atoms with E-state index in [4.69, 9.17) is 0 Å². The zero-order chi connectivity index (χ0) is 9.40. The maximum absolute atomic E-state index is 10.8. The lowest BCUT2D eigenvalue weighted by Gasteiger charge is -1.95. The Morgan fingerprint density at radius 2 is 1.75 bits per heavy atom. The second-order valence-electron chi connectivity index (χ2n) is 1.86. The molecule has 0 saturated carbocycles. The van der Waals surface area contributed by atoms with Crippen LogP contribution in [0.1, 0.15) is 10.4 Å². The van der Waals surface area contributed by atoms with Crippen LogP contribution in [-0.4, -0.2) is 13.1 Å². The number of methoxy groups -OCH3 is 1. The summed E-state index contributed by atoms with van der Waals surface area (Å²) in [5.74, 6) is 7.71. The molecule has 4 nitrogen and oxygen atoms in total. The summed E-state index contributed by atoms with van der Waals surface area (Å²) >= 11 is 0. The summed E-state index contributed by atoms with van der Waals surface area (Å²) in [6.45, 7) is 0. The number of hydrogen-bond acceptors (Lipinski definition) is 4. The highest BCUT2D eigenvalue weighted by atomic mass is 16.5. The third kappa shape index (κ3) is 3.14. The van der Waals surface area contributed by atoms with E-state index in [9.17, 15) is 4.79 Å². The van der Waals surface area contributed by atoms with Crippen molar-refractivity contribution in [1.29, 1.82) is 0 Å². The van der Waals surface area contributed by atoms with Gasteiger partial charge in [-0.25, -0.2) is 4.79 Å². The van der Waals surface area contributed by atoms with Crippen LogP contribution in [0.5, 0.6) is 0 Å². The minimum absolute atomic E-state index is 0.291. The van der Waals surface area contributed by atoms with Gasteiger partial charge in [0, 0.05) is 0 Å². The zero-order valence-corrected chi connectivity index (χ0v) is 6.86. The van der Waals surface area contributed by atoms with Crippen LogP contribution in [-0.2, 0) is 4.74 Å². The number of carbonyl (C=O) groups excluding carboxylic acids is 1. The van der Waals surface area contributed by atoms with Crippen LogP contribution in [0.4, 0.5) is 0 Å². The third-order valence-corrected chi connectivity index (χ3v) is 1.19. The fourth-order valence-electron chi connectivity index (χ4n) is 0.692. The molecule has 0 amide bonds. The summed E-state index contributed by atoms with van der Waals surface area (Å²) < 4.78 is 4.50. The highest BCUT2D eigenvalue weighted by Gasteiger charge is 2.00. The molecule has 66 valence electrons. The van der Waals surface area contributed by atoms with Gasteiger partial charge >= 0.3 is 5.97 Å². The van der Waals surface area contributed by atoms with Crippen LogP contribution in [0, 0.1) is 0 Å². The van der Waals surface area contributed by atoms with E-state index in [1.165, 1.54) is 7.11 Å². The summed E-state index contributed by atoms with van der Waals surface area (Å²) in [5.41, 5.74) is 0.588. The standard InChI is InChI=1S/C8H8O2.H4N2/c1-10-8(9)7-5-3-2-4-6-7;1-2/h2-6H,1H3;1-2H2. The first-order valence-electron chi connectivity index (χ1n) is 3.31. The molecule has 1 aromatic rings. The zero-order valence-electron chi connectivity index (χ0n) is 6.86. The first kappa shape index (κ1) is 10.6. The molecule has 0 spiro atoms. The summed E-state index contributed by atoms with van der Waals surface area (Å²) in [4.78, 5) is 10.8. The maximum Gasteiger partial charge on any atom is 0.337 e. The molecule has 0 atom stereocenters. The van der Waals surface area contributed by atoms with Crippen molar-refractivity contribution in [3.05, 3.63) is 35.9 Å². The van der Waals surface area contributed by atoms with Gasteiger partial charge in [-0.05, 0) is 12.1 Å². The summed E-state index contributed by atoms with van der Waals surface area (Å²) in [5, 5.41) is 0. The lowest BCUT2D eigenvalue weighted by atomic mass is 10.2. The molecule has 4 N–H and O–H groups in total. The normalized spacial score (nSPS) is 7.92. The molecule has 0 saturated heterocycles. The number of ether oxygens (including phenoxy) is 1. The van der Waals surface area contributed by atoms with Gasteiger partial charge in [-0.3, -0.25) is 11.7 Å². The summed E-state index contributed by atoms with van der Waals surface area (Å²) in [6, 6.07) is 8.88. The second kappa shape index (κ2) is 6.33. The van der Waals surface area contributed by atoms with Crippen LogP contribution in [0.2, 0.25) is 0 Å². The molecule has 1 rings (SSSR count). The second-order valence-corrected chi connectivity index (χ2v) is 1.86. The Kier molecular flexibility index (Phi) is 5.60. The number of esters is 1. The van der Waals surface area contributed by atoms with Crippen molar-refractivity contribution in [3.63, 3.8) is 0 Å². The van der Waals surface area contributed by atoms with Gasteiger partial charge < -0.3 is 4.74 Å². The molecular formula is C8H12N2O2. The topological polar surface area (TPSA) is 78.3 Å². The van der Waals surface area contributed by atoms with Crippen molar-refractivity contribution in [1.82, 2.24) is 0 Å². The number of benzene rings is 1. The van der Waals surface area contributed by atoms with Crippen molar-refractivity contribution in [2.45, 2.75) is 0 Å². The monoisotopic (exact) mass is 168 g/mol. The third-order valence-electron chi connectivity index (χ3n) is 1.19. The van der Waals surface area contributed by atoms with E-state index in [0.717, 1.165) is 0 Å². The van der Waals surface area contributed by atoms with Gasteiger partial charge in [0.15, 0.2) is 0 Å². The van der Waals surface area contributed by atoms with Crippen molar-refractivity contribution < 1.29 is 9.53 Å². The number of nitrogens with two attached hydrogens (primary N) is 2. The molecular weight excluding hydrogens is 156 g/mol. The Bertz CT molecular complexity index is 224. The Morgan fingerprint density at radius 1 is 1.25 bits per heavy atom. The maximum atomic E-state index is 10.8. The molecule has 0 aliphatic carbocycles. The Hall–Kier alpha value is -1.39. The minimum Gasteiger partial charge on any atom is -0.465 e. The lowest BCUT2D eigenvalue weighted by Crippen LogP contribution is -2.02. The smallest absolute Gasteiger partial charge is 0.337 e. The Balaban J connectivity index is 0.000000561. The number of hydrazine groups is 1. The molecule has 0 aliphatic heterocycles. The summed E-state index contributed by atoms with van der Waals surface area (Å²) in [7, 11) is 1.37. The largest absolute Gasteiger partial charge is 0.465 e. The van der Waals surface area contributed by atoms with E-state index in [1.54, 1.807) is 24.3 Å². The van der Waals surface area contributed by atoms with E-state index in [1.807, 2.05) is 6.07 Å². The molecule has 0 bridgehead atoms. The van der Waals surface area contributed by atoms with E-state index in [0.29, 0.717) is 5.56 Å². The Labute approximate surface area is 71.1 Å². The van der Waals surface area contributed by atoms with Crippen LogP contribution in [0.25, 0.3) is 0 Å². The first-order valence-corrected chi connectivity index (χ1v) is 3.31. The predicted molar refractivity (Wildman–Crippen MR) is 46.2 cm³/mol. The van der Waals surface area contributed by atoms with E-state index in [-0.39, 0.29) is 5.97 Å². The SMILES string of the molecule is COC(=O)c1ccccc1.NN. The van der Waals surface area contributed by atoms with Gasteiger partial charge in [-0.2, -0.15) is 0 Å². The highest BCUT2D eigenvalue weighted by Crippen LogP contribution is 1.98. The van der Waals surface area contributed by atoms with Gasteiger partial charge in [0.25, 0.3) is 0 Å². The Morgan fingerprint density at radius 3 is 2.17 bits per heavy atom. The molecule has 0 aromatic heterocycles. The highest BCUT2D eigenvalue weighted by molar-refractivity contribution is 5.89. The van der Waals surface area contributed by atoms with Crippen molar-refractivity contribution in [2.24, 2.45) is 11.7 Å². The van der Waals surface area contributed by atoms with E-state index >= 15 is 0 Å². The fourth-order valence-corrected chi connectivity index (χ4v) is 0.692. The van der Waals surface area contributed by atoms with Crippen LogP contribution in [0.3, 0.4) is 0 Å². The van der Waals surface area contributed by atoms with Gasteiger partial charge in [0.05, 0.1) is 12.7 Å². The molecule has 0 fully saturated rings.